The molecule has 0 spiro atoms. The minimum absolute atomic E-state index is 0.115. The summed E-state index contributed by atoms with van der Waals surface area (Å²) < 4.78 is 15.7. The summed E-state index contributed by atoms with van der Waals surface area (Å²) >= 11 is 0. The molecule has 3 rings (SSSR count). The third kappa shape index (κ3) is 6.05. The van der Waals surface area contributed by atoms with E-state index in [2.05, 4.69) is 5.32 Å². The van der Waals surface area contributed by atoms with Crippen LogP contribution in [0.1, 0.15) is 15.9 Å². The summed E-state index contributed by atoms with van der Waals surface area (Å²) in [6.07, 6.45) is 0. The van der Waals surface area contributed by atoms with Crippen LogP contribution in [0, 0.1) is 10.1 Å². The highest BCUT2D eigenvalue weighted by atomic mass is 16.6. The number of nitrogens with zero attached hydrogens (tertiary/aromatic N) is 1. The van der Waals surface area contributed by atoms with Crippen molar-refractivity contribution in [3.63, 3.8) is 0 Å². The van der Waals surface area contributed by atoms with Gasteiger partial charge in [-0.2, -0.15) is 0 Å². The average Bonchev–Trinajstić information content (AvgIpc) is 2.81. The molecule has 0 saturated carbocycles. The maximum Gasteiger partial charge on any atom is 0.338 e. The number of para-hydroxylation sites is 1. The summed E-state index contributed by atoms with van der Waals surface area (Å²) in [5, 5.41) is 13.7. The van der Waals surface area contributed by atoms with Gasteiger partial charge in [-0.25, -0.2) is 4.79 Å². The average molecular weight is 436 g/mol. The second-order valence-electron chi connectivity index (χ2n) is 6.56. The van der Waals surface area contributed by atoms with Gasteiger partial charge in [0.15, 0.2) is 6.61 Å². The summed E-state index contributed by atoms with van der Waals surface area (Å²) in [6, 6.07) is 19.0. The first-order valence-corrected chi connectivity index (χ1v) is 9.52. The van der Waals surface area contributed by atoms with Crippen molar-refractivity contribution in [3.05, 3.63) is 94.0 Å². The number of benzene rings is 3. The normalized spacial score (nSPS) is 10.2. The topological polar surface area (TPSA) is 117 Å². The van der Waals surface area contributed by atoms with E-state index >= 15 is 0 Å². The molecule has 0 unspecified atom stereocenters. The standard InChI is InChI=1S/C23H20N2O7/c1-30-20-7-4-6-18(13-20)24-22(26)15-31-19-11-9-16(10-12-19)23(27)32-14-17-5-2-3-8-21(17)25(28)29/h2-13H,14-15H2,1H3,(H,24,26). The first-order chi connectivity index (χ1) is 15.5. The quantitative estimate of drug-likeness (QED) is 0.306. The number of carbonyl (C=O) groups excluding carboxylic acids is 2. The zero-order valence-corrected chi connectivity index (χ0v) is 17.1. The minimum atomic E-state index is -0.634. The highest BCUT2D eigenvalue weighted by Crippen LogP contribution is 2.20. The highest BCUT2D eigenvalue weighted by Gasteiger charge is 2.15. The number of nitro groups is 1. The van der Waals surface area contributed by atoms with Gasteiger partial charge in [-0.05, 0) is 42.5 Å². The fraction of sp³-hybridized carbons (Fsp3) is 0.130. The number of rotatable bonds is 9. The summed E-state index contributed by atoms with van der Waals surface area (Å²) in [5.41, 5.74) is 1.01. The van der Waals surface area contributed by atoms with Gasteiger partial charge >= 0.3 is 5.97 Å². The number of amides is 1. The van der Waals surface area contributed by atoms with Crippen LogP contribution in [0.4, 0.5) is 11.4 Å². The van der Waals surface area contributed by atoms with E-state index in [1.807, 2.05) is 0 Å². The highest BCUT2D eigenvalue weighted by molar-refractivity contribution is 5.92. The SMILES string of the molecule is COc1cccc(NC(=O)COc2ccc(C(=O)OCc3ccccc3[N+](=O)[O-])cc2)c1. The number of methoxy groups -OCH3 is 1. The molecule has 3 aromatic carbocycles. The molecule has 1 N–H and O–H groups in total. The zero-order chi connectivity index (χ0) is 22.9. The van der Waals surface area contributed by atoms with E-state index in [1.54, 1.807) is 36.4 Å². The first kappa shape index (κ1) is 22.3. The van der Waals surface area contributed by atoms with Crippen molar-refractivity contribution >= 4 is 23.3 Å². The van der Waals surface area contributed by atoms with Crippen LogP contribution >= 0.6 is 0 Å². The Bertz CT molecular complexity index is 1110. The molecule has 0 radical (unpaired) electrons. The van der Waals surface area contributed by atoms with E-state index < -0.39 is 10.9 Å². The van der Waals surface area contributed by atoms with E-state index in [9.17, 15) is 19.7 Å². The maximum absolute atomic E-state index is 12.2. The van der Waals surface area contributed by atoms with E-state index in [1.165, 1.54) is 43.5 Å². The molecule has 0 atom stereocenters. The van der Waals surface area contributed by atoms with Gasteiger partial charge in [0.2, 0.25) is 0 Å². The van der Waals surface area contributed by atoms with E-state index in [0.717, 1.165) is 0 Å². The van der Waals surface area contributed by atoms with Crippen LogP contribution < -0.4 is 14.8 Å². The Balaban J connectivity index is 1.50. The predicted molar refractivity (Wildman–Crippen MR) is 116 cm³/mol. The number of hydrogen-bond donors (Lipinski definition) is 1. The minimum Gasteiger partial charge on any atom is -0.497 e. The second kappa shape index (κ2) is 10.6. The van der Waals surface area contributed by atoms with Crippen molar-refractivity contribution in [2.45, 2.75) is 6.61 Å². The smallest absolute Gasteiger partial charge is 0.338 e. The maximum atomic E-state index is 12.2. The molecular formula is C23H20N2O7. The molecule has 0 aliphatic heterocycles. The van der Waals surface area contributed by atoms with E-state index in [-0.39, 0.29) is 30.4 Å². The van der Waals surface area contributed by atoms with E-state index in [0.29, 0.717) is 22.7 Å². The molecule has 0 aromatic heterocycles. The van der Waals surface area contributed by atoms with Crippen LogP contribution in [0.2, 0.25) is 0 Å². The Morgan fingerprint density at radius 3 is 2.44 bits per heavy atom. The molecule has 9 nitrogen and oxygen atoms in total. The molecule has 32 heavy (non-hydrogen) atoms. The van der Waals surface area contributed by atoms with Crippen LogP contribution in [0.15, 0.2) is 72.8 Å². The van der Waals surface area contributed by atoms with Crippen molar-refractivity contribution in [2.24, 2.45) is 0 Å². The van der Waals surface area contributed by atoms with Gasteiger partial charge in [0, 0.05) is 17.8 Å². The molecular weight excluding hydrogens is 416 g/mol. The molecule has 0 fully saturated rings. The van der Waals surface area contributed by atoms with E-state index in [4.69, 9.17) is 14.2 Å². The Labute approximate surface area is 183 Å². The van der Waals surface area contributed by atoms with Gasteiger partial charge < -0.3 is 19.5 Å². The van der Waals surface area contributed by atoms with Crippen molar-refractivity contribution in [1.82, 2.24) is 0 Å². The summed E-state index contributed by atoms with van der Waals surface area (Å²) in [6.45, 7) is -0.447. The number of esters is 1. The van der Waals surface area contributed by atoms with Gasteiger partial charge in [0.25, 0.3) is 11.6 Å². The molecule has 164 valence electrons. The lowest BCUT2D eigenvalue weighted by Crippen LogP contribution is -2.20. The lowest BCUT2D eigenvalue weighted by atomic mass is 10.2. The molecule has 0 aliphatic rings. The fourth-order valence-corrected chi connectivity index (χ4v) is 2.77. The lowest BCUT2D eigenvalue weighted by molar-refractivity contribution is -0.385. The third-order valence-electron chi connectivity index (χ3n) is 4.36. The second-order valence-corrected chi connectivity index (χ2v) is 6.56. The molecule has 0 heterocycles. The summed E-state index contributed by atoms with van der Waals surface area (Å²) in [7, 11) is 1.54. The van der Waals surface area contributed by atoms with Crippen LogP contribution in [0.25, 0.3) is 0 Å². The van der Waals surface area contributed by atoms with Crippen molar-refractivity contribution in [1.29, 1.82) is 0 Å². The van der Waals surface area contributed by atoms with Crippen LogP contribution in [0.5, 0.6) is 11.5 Å². The Morgan fingerprint density at radius 2 is 1.72 bits per heavy atom. The Hall–Kier alpha value is -4.40. The largest absolute Gasteiger partial charge is 0.497 e. The molecule has 0 aliphatic carbocycles. The number of anilines is 1. The van der Waals surface area contributed by atoms with Crippen LogP contribution in [0.3, 0.4) is 0 Å². The molecule has 0 saturated heterocycles. The monoisotopic (exact) mass is 436 g/mol. The van der Waals surface area contributed by atoms with Crippen LogP contribution in [-0.2, 0) is 16.1 Å². The molecule has 0 bridgehead atoms. The number of carbonyl (C=O) groups is 2. The van der Waals surface area contributed by atoms with Gasteiger partial charge in [-0.15, -0.1) is 0 Å². The number of nitrogens with one attached hydrogen (secondary N) is 1. The molecule has 1 amide bonds. The van der Waals surface area contributed by atoms with Gasteiger partial charge in [-0.3, -0.25) is 14.9 Å². The predicted octanol–water partition coefficient (Wildman–Crippen LogP) is 3.98. The van der Waals surface area contributed by atoms with Crippen LogP contribution in [-0.4, -0.2) is 30.5 Å². The van der Waals surface area contributed by atoms with Crippen molar-refractivity contribution in [2.75, 3.05) is 19.0 Å². The molecule has 3 aromatic rings. The molecule has 9 heteroatoms. The lowest BCUT2D eigenvalue weighted by Gasteiger charge is -2.09. The fourth-order valence-electron chi connectivity index (χ4n) is 2.77. The summed E-state index contributed by atoms with van der Waals surface area (Å²) in [5.74, 6) is 0.0192. The Morgan fingerprint density at radius 1 is 0.969 bits per heavy atom. The van der Waals surface area contributed by atoms with Crippen molar-refractivity contribution in [3.8, 4) is 11.5 Å². The summed E-state index contributed by atoms with van der Waals surface area (Å²) in [4.78, 5) is 34.8. The number of hydrogen-bond acceptors (Lipinski definition) is 7. The Kier molecular flexibility index (Phi) is 7.37. The van der Waals surface area contributed by atoms with Gasteiger partial charge in [-0.1, -0.05) is 18.2 Å². The zero-order valence-electron chi connectivity index (χ0n) is 17.1. The van der Waals surface area contributed by atoms with Crippen molar-refractivity contribution < 1.29 is 28.7 Å². The van der Waals surface area contributed by atoms with Gasteiger partial charge in [0.05, 0.1) is 23.2 Å². The van der Waals surface area contributed by atoms with Gasteiger partial charge in [0.1, 0.15) is 18.1 Å². The third-order valence-corrected chi connectivity index (χ3v) is 4.36. The number of nitro benzene ring substituents is 1. The number of ether oxygens (including phenoxy) is 3. The first-order valence-electron chi connectivity index (χ1n) is 9.52.